The minimum absolute atomic E-state index is 0.119. The Kier molecular flexibility index (Phi) is 6.00. The summed E-state index contributed by atoms with van der Waals surface area (Å²) in [4.78, 5) is 13.8. The molecule has 1 amide bonds. The van der Waals surface area contributed by atoms with Gasteiger partial charge in [0.1, 0.15) is 16.9 Å². The largest absolute Gasteiger partial charge is 0.465 e. The molecule has 0 atom stereocenters. The van der Waals surface area contributed by atoms with Crippen LogP contribution < -0.4 is 0 Å². The highest BCUT2D eigenvalue weighted by atomic mass is 19.4. The third-order valence-corrected chi connectivity index (χ3v) is 6.08. The minimum Gasteiger partial charge on any atom is -0.465 e. The highest BCUT2D eigenvalue weighted by molar-refractivity contribution is 5.78. The zero-order valence-electron chi connectivity index (χ0n) is 17.8. The van der Waals surface area contributed by atoms with Crippen molar-refractivity contribution in [1.29, 1.82) is 0 Å². The maximum atomic E-state index is 13.5. The molecule has 176 valence electrons. The van der Waals surface area contributed by atoms with E-state index < -0.39 is 29.1 Å². The summed E-state index contributed by atoms with van der Waals surface area (Å²) >= 11 is 0. The Morgan fingerprint density at radius 1 is 1.15 bits per heavy atom. The molecule has 0 spiro atoms. The number of aromatic nitrogens is 3. The Morgan fingerprint density at radius 2 is 1.82 bits per heavy atom. The van der Waals surface area contributed by atoms with Crippen LogP contribution in [0.3, 0.4) is 0 Å². The lowest BCUT2D eigenvalue weighted by molar-refractivity contribution is -0.137. The second-order valence-corrected chi connectivity index (χ2v) is 8.24. The average Bonchev–Trinajstić information content (AvgIpc) is 3.14. The van der Waals surface area contributed by atoms with Crippen LogP contribution in [0.2, 0.25) is 0 Å². The van der Waals surface area contributed by atoms with Gasteiger partial charge in [0.05, 0.1) is 18.8 Å². The number of ether oxygens (including phenoxy) is 1. The van der Waals surface area contributed by atoms with E-state index in [-0.39, 0.29) is 37.4 Å². The summed E-state index contributed by atoms with van der Waals surface area (Å²) in [5, 5.41) is 17.4. The summed E-state index contributed by atoms with van der Waals surface area (Å²) in [6, 6.07) is 7.90. The van der Waals surface area contributed by atoms with Crippen molar-refractivity contribution in [3.05, 3.63) is 58.9 Å². The molecule has 1 aromatic heterocycles. The number of carbonyl (C=O) groups is 1. The normalized spacial score (nSPS) is 16.3. The predicted molar refractivity (Wildman–Crippen MR) is 110 cm³/mol. The van der Waals surface area contributed by atoms with Gasteiger partial charge in [-0.15, -0.1) is 0 Å². The molecule has 1 saturated heterocycles. The van der Waals surface area contributed by atoms with E-state index in [1.54, 1.807) is 12.1 Å². The van der Waals surface area contributed by atoms with Crippen molar-refractivity contribution in [3.8, 4) is 0 Å². The number of nitrogens with zero attached hydrogens (tertiary/aromatic N) is 4. The van der Waals surface area contributed by atoms with Gasteiger partial charge in [0, 0.05) is 31.1 Å². The number of hydrogen-bond donors (Lipinski definition) is 1. The van der Waals surface area contributed by atoms with Gasteiger partial charge in [0.25, 0.3) is 0 Å². The van der Waals surface area contributed by atoms with Crippen LogP contribution in [0, 0.1) is 5.82 Å². The third kappa shape index (κ3) is 4.77. The summed E-state index contributed by atoms with van der Waals surface area (Å²) in [6.45, 7) is 0.539. The fourth-order valence-electron chi connectivity index (χ4n) is 4.27. The van der Waals surface area contributed by atoms with Gasteiger partial charge < -0.3 is 14.7 Å². The van der Waals surface area contributed by atoms with Gasteiger partial charge in [-0.3, -0.25) is 0 Å². The molecule has 11 heteroatoms. The van der Waals surface area contributed by atoms with E-state index in [0.717, 1.165) is 17.7 Å². The van der Waals surface area contributed by atoms with Crippen LogP contribution in [-0.4, -0.2) is 50.8 Å². The molecular weight excluding hydrogens is 444 g/mol. The van der Waals surface area contributed by atoms with Crippen molar-refractivity contribution in [2.75, 3.05) is 19.7 Å². The van der Waals surface area contributed by atoms with Crippen LogP contribution in [0.1, 0.15) is 29.5 Å². The molecule has 0 radical (unpaired) electrons. The maximum Gasteiger partial charge on any atom is 0.416 e. The zero-order valence-corrected chi connectivity index (χ0v) is 17.8. The van der Waals surface area contributed by atoms with E-state index in [0.29, 0.717) is 18.4 Å². The van der Waals surface area contributed by atoms with Crippen LogP contribution in [0.4, 0.5) is 22.4 Å². The zero-order chi connectivity index (χ0) is 23.8. The number of fused-ring (bicyclic) bond motifs is 1. The molecule has 1 aliphatic heterocycles. The van der Waals surface area contributed by atoms with Gasteiger partial charge in [-0.1, -0.05) is 12.1 Å². The quantitative estimate of drug-likeness (QED) is 0.566. The molecule has 0 bridgehead atoms. The van der Waals surface area contributed by atoms with Gasteiger partial charge in [-0.05, 0) is 42.7 Å². The SMILES string of the molecule is Cn1nc2cc(C(F)(F)F)cc(COCC3(c4ccc(F)cc4)CCN(C(=O)O)CC3)c2n1. The summed E-state index contributed by atoms with van der Waals surface area (Å²) < 4.78 is 59.5. The van der Waals surface area contributed by atoms with E-state index in [2.05, 4.69) is 10.2 Å². The van der Waals surface area contributed by atoms with E-state index in [9.17, 15) is 27.5 Å². The molecule has 2 aromatic carbocycles. The Balaban J connectivity index is 1.58. The van der Waals surface area contributed by atoms with E-state index >= 15 is 0 Å². The molecular formula is C22H22F4N4O3. The first-order chi connectivity index (χ1) is 15.6. The Hall–Kier alpha value is -3.21. The number of aryl methyl sites for hydroxylation is 1. The second-order valence-electron chi connectivity index (χ2n) is 8.24. The maximum absolute atomic E-state index is 13.5. The monoisotopic (exact) mass is 466 g/mol. The molecule has 7 nitrogen and oxygen atoms in total. The number of likely N-dealkylation sites (tertiary alicyclic amines) is 1. The first kappa shape index (κ1) is 23.0. The van der Waals surface area contributed by atoms with Gasteiger partial charge in [-0.2, -0.15) is 28.2 Å². The summed E-state index contributed by atoms with van der Waals surface area (Å²) in [7, 11) is 1.53. The summed E-state index contributed by atoms with van der Waals surface area (Å²) in [6.07, 6.45) is -4.68. The van der Waals surface area contributed by atoms with Gasteiger partial charge >= 0.3 is 12.3 Å². The molecule has 1 aliphatic rings. The number of hydrogen-bond acceptors (Lipinski definition) is 4. The Labute approximate surface area is 186 Å². The second kappa shape index (κ2) is 8.62. The van der Waals surface area contributed by atoms with E-state index in [4.69, 9.17) is 4.74 Å². The van der Waals surface area contributed by atoms with Crippen molar-refractivity contribution >= 4 is 17.1 Å². The van der Waals surface area contributed by atoms with Crippen LogP contribution in [0.15, 0.2) is 36.4 Å². The fourth-order valence-corrected chi connectivity index (χ4v) is 4.27. The molecule has 0 aliphatic carbocycles. The summed E-state index contributed by atoms with van der Waals surface area (Å²) in [5.41, 5.74) is 0.0591. The van der Waals surface area contributed by atoms with Gasteiger partial charge in [-0.25, -0.2) is 9.18 Å². The van der Waals surface area contributed by atoms with Gasteiger partial charge in [0.2, 0.25) is 0 Å². The first-order valence-electron chi connectivity index (χ1n) is 10.3. The molecule has 1 N–H and O–H groups in total. The molecule has 3 aromatic rings. The predicted octanol–water partition coefficient (Wildman–Crippen LogP) is 4.35. The average molecular weight is 466 g/mol. The third-order valence-electron chi connectivity index (χ3n) is 6.08. The molecule has 0 unspecified atom stereocenters. The van der Waals surface area contributed by atoms with Crippen LogP contribution in [0.5, 0.6) is 0 Å². The fraction of sp³-hybridized carbons (Fsp3) is 0.409. The van der Waals surface area contributed by atoms with Gasteiger partial charge in [0.15, 0.2) is 0 Å². The van der Waals surface area contributed by atoms with Crippen LogP contribution in [-0.2, 0) is 30.0 Å². The number of alkyl halides is 3. The van der Waals surface area contributed by atoms with Crippen molar-refractivity contribution in [1.82, 2.24) is 19.9 Å². The smallest absolute Gasteiger partial charge is 0.416 e. The van der Waals surface area contributed by atoms with Crippen molar-refractivity contribution in [2.24, 2.45) is 7.05 Å². The highest BCUT2D eigenvalue weighted by Gasteiger charge is 2.38. The van der Waals surface area contributed by atoms with E-state index in [1.165, 1.54) is 28.9 Å². The number of carboxylic acid groups (broad SMARTS) is 1. The van der Waals surface area contributed by atoms with Crippen LogP contribution >= 0.6 is 0 Å². The Morgan fingerprint density at radius 3 is 2.42 bits per heavy atom. The molecule has 2 heterocycles. The molecule has 4 rings (SSSR count). The van der Waals surface area contributed by atoms with Crippen LogP contribution in [0.25, 0.3) is 11.0 Å². The number of piperidine rings is 1. The highest BCUT2D eigenvalue weighted by Crippen LogP contribution is 2.37. The lowest BCUT2D eigenvalue weighted by Gasteiger charge is -2.41. The van der Waals surface area contributed by atoms with E-state index in [1.807, 2.05) is 0 Å². The number of halogens is 4. The van der Waals surface area contributed by atoms with Crippen molar-refractivity contribution in [3.63, 3.8) is 0 Å². The lowest BCUT2D eigenvalue weighted by Crippen LogP contribution is -2.47. The lowest BCUT2D eigenvalue weighted by atomic mass is 9.73. The molecule has 0 saturated carbocycles. The topological polar surface area (TPSA) is 80.5 Å². The Bertz CT molecular complexity index is 1150. The standard InChI is InChI=1S/C22H22F4N4O3/c1-29-27-18-11-16(22(24,25)26)10-14(19(18)28-29)12-33-13-21(15-2-4-17(23)5-3-15)6-8-30(9-7-21)20(31)32/h2-5,10-11H,6-9,12-13H2,1H3,(H,31,32). The summed E-state index contributed by atoms with van der Waals surface area (Å²) in [5.74, 6) is -0.396. The molecule has 33 heavy (non-hydrogen) atoms. The number of rotatable bonds is 5. The first-order valence-corrected chi connectivity index (χ1v) is 10.3. The van der Waals surface area contributed by atoms with Crippen molar-refractivity contribution in [2.45, 2.75) is 31.0 Å². The number of amides is 1. The van der Waals surface area contributed by atoms with Crippen molar-refractivity contribution < 1.29 is 32.2 Å². The molecule has 1 fully saturated rings. The minimum atomic E-state index is -4.54. The number of benzene rings is 2.